The quantitative estimate of drug-likeness (QED) is 0.882. The molecule has 1 aliphatic heterocycles. The fraction of sp³-hybridized carbons (Fsp3) is 0.588. The number of piperidine rings is 1. The van der Waals surface area contributed by atoms with Crippen molar-refractivity contribution in [1.29, 1.82) is 0 Å². The summed E-state index contributed by atoms with van der Waals surface area (Å²) in [4.78, 5) is 23.3. The van der Waals surface area contributed by atoms with Crippen molar-refractivity contribution in [2.24, 2.45) is 11.8 Å². The standard InChI is InChI=1S/C17H23N3O3S/c1-9(2)13(21)11-4-6-20(7-5-11)15-12-10(3)14(17(22)23)24-16(12)19-8-18-15/h8-9,11,13,21H,4-7H2,1-3H3,(H,22,23)/t13-/m1/s1. The molecule has 0 bridgehead atoms. The third-order valence-electron chi connectivity index (χ3n) is 4.91. The Morgan fingerprint density at radius 1 is 1.33 bits per heavy atom. The first kappa shape index (κ1) is 17.1. The molecule has 3 rings (SSSR count). The van der Waals surface area contributed by atoms with Crippen LogP contribution in [0.25, 0.3) is 10.2 Å². The van der Waals surface area contributed by atoms with Crippen molar-refractivity contribution >= 4 is 33.3 Å². The first-order chi connectivity index (χ1) is 11.4. The van der Waals surface area contributed by atoms with Crippen LogP contribution < -0.4 is 4.90 Å². The van der Waals surface area contributed by atoms with E-state index in [9.17, 15) is 15.0 Å². The van der Waals surface area contributed by atoms with Gasteiger partial charge in [-0.2, -0.15) is 0 Å². The topological polar surface area (TPSA) is 86.5 Å². The average molecular weight is 349 g/mol. The number of carboxylic acid groups (broad SMARTS) is 1. The second kappa shape index (κ2) is 6.64. The van der Waals surface area contributed by atoms with Crippen molar-refractivity contribution in [3.8, 4) is 0 Å². The van der Waals surface area contributed by atoms with Crippen LogP contribution in [0.3, 0.4) is 0 Å². The van der Waals surface area contributed by atoms with Crippen LogP contribution in [-0.2, 0) is 0 Å². The predicted octanol–water partition coefficient (Wildman–Crippen LogP) is 2.93. The van der Waals surface area contributed by atoms with Gasteiger partial charge in [0, 0.05) is 13.1 Å². The molecule has 3 heterocycles. The molecule has 0 unspecified atom stereocenters. The molecule has 1 saturated heterocycles. The molecule has 0 aliphatic carbocycles. The molecule has 2 N–H and O–H groups in total. The largest absolute Gasteiger partial charge is 0.477 e. The van der Waals surface area contributed by atoms with Crippen molar-refractivity contribution in [2.45, 2.75) is 39.7 Å². The van der Waals surface area contributed by atoms with Gasteiger partial charge in [-0.05, 0) is 37.2 Å². The van der Waals surface area contributed by atoms with Crippen molar-refractivity contribution in [2.75, 3.05) is 18.0 Å². The SMILES string of the molecule is Cc1c(C(=O)O)sc2ncnc(N3CCC([C@H](O)C(C)C)CC3)c12. The lowest BCUT2D eigenvalue weighted by atomic mass is 9.85. The molecule has 1 atom stereocenters. The van der Waals surface area contributed by atoms with Gasteiger partial charge in [-0.1, -0.05) is 13.8 Å². The normalized spacial score (nSPS) is 17.6. The number of anilines is 1. The summed E-state index contributed by atoms with van der Waals surface area (Å²) in [7, 11) is 0. The van der Waals surface area contributed by atoms with Gasteiger partial charge in [0.25, 0.3) is 0 Å². The van der Waals surface area contributed by atoms with E-state index in [-0.39, 0.29) is 12.0 Å². The Balaban J connectivity index is 1.87. The van der Waals surface area contributed by atoms with Crippen molar-refractivity contribution < 1.29 is 15.0 Å². The maximum Gasteiger partial charge on any atom is 0.346 e. The third-order valence-corrected chi connectivity index (χ3v) is 6.09. The van der Waals surface area contributed by atoms with Crippen molar-refractivity contribution in [3.05, 3.63) is 16.8 Å². The van der Waals surface area contributed by atoms with Gasteiger partial charge in [0.2, 0.25) is 0 Å². The van der Waals surface area contributed by atoms with Gasteiger partial charge in [-0.3, -0.25) is 0 Å². The van der Waals surface area contributed by atoms with Gasteiger partial charge in [-0.25, -0.2) is 14.8 Å². The molecule has 0 radical (unpaired) electrons. The molecule has 7 heteroatoms. The van der Waals surface area contributed by atoms with Crippen LogP contribution in [0.5, 0.6) is 0 Å². The summed E-state index contributed by atoms with van der Waals surface area (Å²) < 4.78 is 0. The van der Waals surface area contributed by atoms with E-state index in [2.05, 4.69) is 14.9 Å². The van der Waals surface area contributed by atoms with Gasteiger partial charge < -0.3 is 15.1 Å². The highest BCUT2D eigenvalue weighted by Crippen LogP contribution is 2.36. The molecule has 0 amide bonds. The lowest BCUT2D eigenvalue weighted by Crippen LogP contribution is -2.39. The fourth-order valence-corrected chi connectivity index (χ4v) is 4.48. The second-order valence-electron chi connectivity index (χ2n) is 6.80. The number of nitrogens with zero attached hydrogens (tertiary/aromatic N) is 3. The highest BCUT2D eigenvalue weighted by molar-refractivity contribution is 7.20. The molecule has 130 valence electrons. The first-order valence-electron chi connectivity index (χ1n) is 8.30. The van der Waals surface area contributed by atoms with Crippen LogP contribution in [0, 0.1) is 18.8 Å². The van der Waals surface area contributed by atoms with E-state index in [1.54, 1.807) is 0 Å². The number of rotatable bonds is 4. The molecule has 2 aromatic heterocycles. The zero-order valence-electron chi connectivity index (χ0n) is 14.2. The molecular weight excluding hydrogens is 326 g/mol. The van der Waals surface area contributed by atoms with Crippen LogP contribution in [-0.4, -0.2) is 45.3 Å². The van der Waals surface area contributed by atoms with Gasteiger partial charge in [-0.15, -0.1) is 11.3 Å². The summed E-state index contributed by atoms with van der Waals surface area (Å²) in [5, 5.41) is 20.5. The lowest BCUT2D eigenvalue weighted by molar-refractivity contribution is 0.0526. The molecular formula is C17H23N3O3S. The number of carboxylic acids is 1. The predicted molar refractivity (Wildman–Crippen MR) is 94.9 cm³/mol. The number of aryl methyl sites for hydroxylation is 1. The molecule has 6 nitrogen and oxygen atoms in total. The Kier molecular flexibility index (Phi) is 4.73. The number of aromatic nitrogens is 2. The van der Waals surface area contributed by atoms with Gasteiger partial charge >= 0.3 is 5.97 Å². The summed E-state index contributed by atoms with van der Waals surface area (Å²) in [5.41, 5.74) is 0.738. The zero-order chi connectivity index (χ0) is 17.4. The van der Waals surface area contributed by atoms with Gasteiger partial charge in [0.15, 0.2) is 0 Å². The van der Waals surface area contributed by atoms with E-state index in [0.29, 0.717) is 10.8 Å². The Bertz CT molecular complexity index is 751. The highest BCUT2D eigenvalue weighted by atomic mass is 32.1. The minimum Gasteiger partial charge on any atom is -0.477 e. The number of fused-ring (bicyclic) bond motifs is 1. The Morgan fingerprint density at radius 2 is 2.00 bits per heavy atom. The second-order valence-corrected chi connectivity index (χ2v) is 7.80. The minimum absolute atomic E-state index is 0.265. The Hall–Kier alpha value is -1.73. The summed E-state index contributed by atoms with van der Waals surface area (Å²) in [5.74, 6) is 0.486. The molecule has 2 aromatic rings. The van der Waals surface area contributed by atoms with E-state index >= 15 is 0 Å². The van der Waals surface area contributed by atoms with Crippen LogP contribution in [0.1, 0.15) is 41.9 Å². The molecule has 0 saturated carbocycles. The van der Waals surface area contributed by atoms with E-state index in [4.69, 9.17) is 0 Å². The van der Waals surface area contributed by atoms with E-state index in [1.165, 1.54) is 17.7 Å². The molecule has 1 fully saturated rings. The number of carbonyl (C=O) groups is 1. The van der Waals surface area contributed by atoms with Crippen LogP contribution in [0.4, 0.5) is 5.82 Å². The van der Waals surface area contributed by atoms with E-state index in [1.807, 2.05) is 20.8 Å². The Labute approximate surface area is 145 Å². The fourth-order valence-electron chi connectivity index (χ4n) is 3.49. The van der Waals surface area contributed by atoms with Crippen LogP contribution >= 0.6 is 11.3 Å². The lowest BCUT2D eigenvalue weighted by Gasteiger charge is -2.36. The number of thiophene rings is 1. The van der Waals surface area contributed by atoms with Gasteiger partial charge in [0.05, 0.1) is 11.5 Å². The Morgan fingerprint density at radius 3 is 2.58 bits per heavy atom. The number of aromatic carboxylic acids is 1. The number of hydrogen-bond donors (Lipinski definition) is 2. The molecule has 0 aromatic carbocycles. The van der Waals surface area contributed by atoms with Gasteiger partial charge in [0.1, 0.15) is 21.9 Å². The van der Waals surface area contributed by atoms with Crippen LogP contribution in [0.15, 0.2) is 6.33 Å². The number of aliphatic hydroxyl groups excluding tert-OH is 1. The maximum absolute atomic E-state index is 11.4. The summed E-state index contributed by atoms with van der Waals surface area (Å²) >= 11 is 1.20. The maximum atomic E-state index is 11.4. The van der Waals surface area contributed by atoms with E-state index in [0.717, 1.165) is 47.5 Å². The van der Waals surface area contributed by atoms with Crippen LogP contribution in [0.2, 0.25) is 0 Å². The zero-order valence-corrected chi connectivity index (χ0v) is 15.0. The third kappa shape index (κ3) is 2.98. The molecule has 1 aliphatic rings. The first-order valence-corrected chi connectivity index (χ1v) is 9.12. The van der Waals surface area contributed by atoms with Crippen molar-refractivity contribution in [1.82, 2.24) is 9.97 Å². The molecule has 0 spiro atoms. The number of aliphatic hydroxyl groups is 1. The summed E-state index contributed by atoms with van der Waals surface area (Å²) in [6.45, 7) is 7.56. The minimum atomic E-state index is -0.916. The summed E-state index contributed by atoms with van der Waals surface area (Å²) in [6, 6.07) is 0. The molecule has 24 heavy (non-hydrogen) atoms. The number of hydrogen-bond acceptors (Lipinski definition) is 6. The van der Waals surface area contributed by atoms with E-state index < -0.39 is 5.97 Å². The monoisotopic (exact) mass is 349 g/mol. The average Bonchev–Trinajstić information content (AvgIpc) is 2.91. The van der Waals surface area contributed by atoms with Crippen molar-refractivity contribution in [3.63, 3.8) is 0 Å². The highest BCUT2D eigenvalue weighted by Gasteiger charge is 2.29. The summed E-state index contributed by atoms with van der Waals surface area (Å²) in [6.07, 6.45) is 3.08. The smallest absolute Gasteiger partial charge is 0.346 e.